The van der Waals surface area contributed by atoms with Gasteiger partial charge in [0.1, 0.15) is 0 Å². The third-order valence-electron chi connectivity index (χ3n) is 4.36. The van der Waals surface area contributed by atoms with E-state index < -0.39 is 0 Å². The Labute approximate surface area is 119 Å². The van der Waals surface area contributed by atoms with Gasteiger partial charge in [0.25, 0.3) is 0 Å². The number of piperazine rings is 1. The average Bonchev–Trinajstić information content (AvgIpc) is 2.87. The number of carbonyl (C=O) groups is 2. The number of benzene rings is 1. The van der Waals surface area contributed by atoms with Crippen LogP contribution in [0.5, 0.6) is 0 Å². The number of fused-ring (bicyclic) bond motifs is 1. The van der Waals surface area contributed by atoms with Crippen LogP contribution in [0.25, 0.3) is 0 Å². The molecule has 20 heavy (non-hydrogen) atoms. The molecule has 1 aromatic rings. The van der Waals surface area contributed by atoms with E-state index in [1.807, 2.05) is 36.1 Å². The number of anilines is 1. The van der Waals surface area contributed by atoms with Crippen LogP contribution in [0.1, 0.15) is 36.5 Å². The SMILES string of the molecule is CCC(=O)c1ccccc1N1CCN2C(=O)CCC2C1. The molecule has 0 aliphatic carbocycles. The highest BCUT2D eigenvalue weighted by molar-refractivity contribution is 6.01. The highest BCUT2D eigenvalue weighted by Gasteiger charge is 2.36. The van der Waals surface area contributed by atoms with Crippen molar-refractivity contribution in [2.75, 3.05) is 24.5 Å². The third-order valence-corrected chi connectivity index (χ3v) is 4.36. The molecule has 2 heterocycles. The molecule has 2 saturated heterocycles. The van der Waals surface area contributed by atoms with Crippen molar-refractivity contribution < 1.29 is 9.59 Å². The smallest absolute Gasteiger partial charge is 0.223 e. The summed E-state index contributed by atoms with van der Waals surface area (Å²) in [5.41, 5.74) is 1.84. The molecule has 2 aliphatic rings. The summed E-state index contributed by atoms with van der Waals surface area (Å²) in [5, 5.41) is 0. The number of ketones is 1. The molecule has 0 spiro atoms. The lowest BCUT2D eigenvalue weighted by Gasteiger charge is -2.39. The van der Waals surface area contributed by atoms with Gasteiger partial charge in [-0.1, -0.05) is 19.1 Å². The molecule has 4 nitrogen and oxygen atoms in total. The minimum absolute atomic E-state index is 0.186. The molecule has 0 aromatic heterocycles. The summed E-state index contributed by atoms with van der Waals surface area (Å²) in [6.07, 6.45) is 2.15. The number of hydrogen-bond acceptors (Lipinski definition) is 3. The first-order valence-corrected chi connectivity index (χ1v) is 7.37. The largest absolute Gasteiger partial charge is 0.367 e. The van der Waals surface area contributed by atoms with Gasteiger partial charge in [-0.25, -0.2) is 0 Å². The van der Waals surface area contributed by atoms with Crippen molar-refractivity contribution in [3.05, 3.63) is 29.8 Å². The summed E-state index contributed by atoms with van der Waals surface area (Å²) in [5.74, 6) is 0.470. The summed E-state index contributed by atoms with van der Waals surface area (Å²) in [6, 6.07) is 8.15. The monoisotopic (exact) mass is 272 g/mol. The zero-order chi connectivity index (χ0) is 14.1. The first kappa shape index (κ1) is 13.2. The molecule has 2 fully saturated rings. The van der Waals surface area contributed by atoms with E-state index in [9.17, 15) is 9.59 Å². The summed E-state index contributed by atoms with van der Waals surface area (Å²) in [4.78, 5) is 28.1. The summed E-state index contributed by atoms with van der Waals surface area (Å²) in [6.45, 7) is 4.33. The maximum absolute atomic E-state index is 12.1. The molecule has 1 unspecified atom stereocenters. The Morgan fingerprint density at radius 1 is 1.30 bits per heavy atom. The molecular weight excluding hydrogens is 252 g/mol. The average molecular weight is 272 g/mol. The number of hydrogen-bond donors (Lipinski definition) is 0. The van der Waals surface area contributed by atoms with Crippen LogP contribution < -0.4 is 4.90 Å². The van der Waals surface area contributed by atoms with E-state index >= 15 is 0 Å². The second-order valence-corrected chi connectivity index (χ2v) is 5.52. The number of Topliss-reactive ketones (excluding diaryl/α,β-unsaturated/α-hetero) is 1. The third kappa shape index (κ3) is 2.19. The van der Waals surface area contributed by atoms with Crippen LogP contribution in [-0.4, -0.2) is 42.3 Å². The second-order valence-electron chi connectivity index (χ2n) is 5.52. The normalized spacial score (nSPS) is 22.1. The van der Waals surface area contributed by atoms with Crippen LogP contribution >= 0.6 is 0 Å². The maximum Gasteiger partial charge on any atom is 0.223 e. The first-order chi connectivity index (χ1) is 9.70. The fourth-order valence-corrected chi connectivity index (χ4v) is 3.26. The molecule has 1 aromatic carbocycles. The van der Waals surface area contributed by atoms with Crippen LogP contribution in [0, 0.1) is 0 Å². The Morgan fingerprint density at radius 2 is 2.10 bits per heavy atom. The van der Waals surface area contributed by atoms with Crippen LogP contribution in [0.3, 0.4) is 0 Å². The zero-order valence-corrected chi connectivity index (χ0v) is 11.8. The van der Waals surface area contributed by atoms with Gasteiger partial charge in [0.05, 0.1) is 0 Å². The van der Waals surface area contributed by atoms with Gasteiger partial charge in [0.15, 0.2) is 5.78 Å². The quantitative estimate of drug-likeness (QED) is 0.791. The van der Waals surface area contributed by atoms with Crippen molar-refractivity contribution in [3.8, 4) is 0 Å². The fraction of sp³-hybridized carbons (Fsp3) is 0.500. The number of nitrogens with zero attached hydrogens (tertiary/aromatic N) is 2. The van der Waals surface area contributed by atoms with E-state index in [0.717, 1.165) is 37.3 Å². The standard InChI is InChI=1S/C16H20N2O2/c1-2-15(19)13-5-3-4-6-14(13)17-9-10-18-12(11-17)7-8-16(18)20/h3-6,12H,2,7-11H2,1H3. The van der Waals surface area contributed by atoms with Gasteiger partial charge in [-0.3, -0.25) is 9.59 Å². The van der Waals surface area contributed by atoms with E-state index in [-0.39, 0.29) is 11.7 Å². The minimum Gasteiger partial charge on any atom is -0.367 e. The second kappa shape index (κ2) is 5.27. The number of carbonyl (C=O) groups excluding carboxylic acids is 2. The summed E-state index contributed by atoms with van der Waals surface area (Å²) < 4.78 is 0. The molecule has 0 radical (unpaired) electrons. The van der Waals surface area contributed by atoms with Crippen molar-refractivity contribution in [2.45, 2.75) is 32.2 Å². The Balaban J connectivity index is 1.84. The van der Waals surface area contributed by atoms with Crippen LogP contribution in [0.2, 0.25) is 0 Å². The highest BCUT2D eigenvalue weighted by Crippen LogP contribution is 2.28. The molecule has 2 aliphatic heterocycles. The van der Waals surface area contributed by atoms with Gasteiger partial charge in [-0.05, 0) is 18.6 Å². The van der Waals surface area contributed by atoms with E-state index in [1.54, 1.807) is 0 Å². The predicted octanol–water partition coefficient (Wildman–Crippen LogP) is 2.09. The Hall–Kier alpha value is -1.84. The molecular formula is C16H20N2O2. The lowest BCUT2D eigenvalue weighted by molar-refractivity contribution is -0.129. The van der Waals surface area contributed by atoms with Crippen molar-refractivity contribution in [1.29, 1.82) is 0 Å². The summed E-state index contributed by atoms with van der Waals surface area (Å²) in [7, 11) is 0. The van der Waals surface area contributed by atoms with Crippen molar-refractivity contribution in [2.24, 2.45) is 0 Å². The van der Waals surface area contributed by atoms with Gasteiger partial charge in [-0.15, -0.1) is 0 Å². The van der Waals surface area contributed by atoms with Crippen LogP contribution in [0.15, 0.2) is 24.3 Å². The lowest BCUT2D eigenvalue weighted by atomic mass is 10.0. The number of para-hydroxylation sites is 1. The first-order valence-electron chi connectivity index (χ1n) is 7.37. The number of amides is 1. The highest BCUT2D eigenvalue weighted by atomic mass is 16.2. The predicted molar refractivity (Wildman–Crippen MR) is 78.0 cm³/mol. The van der Waals surface area contributed by atoms with Gasteiger partial charge in [0, 0.05) is 49.8 Å². The lowest BCUT2D eigenvalue weighted by Crippen LogP contribution is -2.51. The zero-order valence-electron chi connectivity index (χ0n) is 11.8. The van der Waals surface area contributed by atoms with Crippen molar-refractivity contribution in [3.63, 3.8) is 0 Å². The van der Waals surface area contributed by atoms with E-state index in [4.69, 9.17) is 0 Å². The maximum atomic E-state index is 12.1. The van der Waals surface area contributed by atoms with Gasteiger partial charge in [0.2, 0.25) is 5.91 Å². The number of rotatable bonds is 3. The molecule has 3 rings (SSSR count). The van der Waals surface area contributed by atoms with E-state index in [0.29, 0.717) is 18.9 Å². The molecule has 4 heteroatoms. The molecule has 106 valence electrons. The Kier molecular flexibility index (Phi) is 3.47. The van der Waals surface area contributed by atoms with E-state index in [1.165, 1.54) is 0 Å². The molecule has 0 N–H and O–H groups in total. The topological polar surface area (TPSA) is 40.6 Å². The molecule has 0 saturated carbocycles. The van der Waals surface area contributed by atoms with Gasteiger partial charge in [-0.2, -0.15) is 0 Å². The van der Waals surface area contributed by atoms with Gasteiger partial charge >= 0.3 is 0 Å². The Bertz CT molecular complexity index is 541. The fourth-order valence-electron chi connectivity index (χ4n) is 3.26. The molecule has 1 amide bonds. The van der Waals surface area contributed by atoms with E-state index in [2.05, 4.69) is 4.90 Å². The summed E-state index contributed by atoms with van der Waals surface area (Å²) >= 11 is 0. The van der Waals surface area contributed by atoms with Crippen LogP contribution in [-0.2, 0) is 4.79 Å². The van der Waals surface area contributed by atoms with Crippen molar-refractivity contribution >= 4 is 17.4 Å². The van der Waals surface area contributed by atoms with Crippen LogP contribution in [0.4, 0.5) is 5.69 Å². The minimum atomic E-state index is 0.186. The molecule has 1 atom stereocenters. The van der Waals surface area contributed by atoms with Gasteiger partial charge < -0.3 is 9.80 Å². The Morgan fingerprint density at radius 3 is 2.90 bits per heavy atom. The molecule has 0 bridgehead atoms. The van der Waals surface area contributed by atoms with Crippen molar-refractivity contribution in [1.82, 2.24) is 4.90 Å².